The van der Waals surface area contributed by atoms with Gasteiger partial charge in [0, 0.05) is 11.0 Å². The van der Waals surface area contributed by atoms with Gasteiger partial charge in [0.15, 0.2) is 11.5 Å². The van der Waals surface area contributed by atoms with Gasteiger partial charge in [0.05, 0.1) is 19.8 Å². The quantitative estimate of drug-likeness (QED) is 0.445. The Morgan fingerprint density at radius 1 is 0.743 bits per heavy atom. The minimum Gasteiger partial charge on any atom is -0.487 e. The topological polar surface area (TPSA) is 65.3 Å². The number of hydrogen-bond acceptors (Lipinski definition) is 6. The lowest BCUT2D eigenvalue weighted by molar-refractivity contribution is -0.00749. The first-order chi connectivity index (χ1) is 16.9. The summed E-state index contributed by atoms with van der Waals surface area (Å²) in [5, 5.41) is 0. The Balaban J connectivity index is 1.37. The molecule has 0 spiro atoms. The summed E-state index contributed by atoms with van der Waals surface area (Å²) in [6, 6.07) is 2.28. The molecule has 7 aliphatic rings. The van der Waals surface area contributed by atoms with E-state index < -0.39 is 0 Å². The molecule has 6 heteroatoms. The first kappa shape index (κ1) is 22.7. The Morgan fingerprint density at radius 2 is 1.20 bits per heavy atom. The molecule has 0 amide bonds. The van der Waals surface area contributed by atoms with Crippen LogP contribution >= 0.6 is 0 Å². The Kier molecular flexibility index (Phi) is 5.35. The van der Waals surface area contributed by atoms with Gasteiger partial charge in [-0.2, -0.15) is 0 Å². The van der Waals surface area contributed by atoms with E-state index in [-0.39, 0.29) is 29.1 Å². The maximum absolute atomic E-state index is 6.73. The molecule has 0 aromatic heterocycles. The van der Waals surface area contributed by atoms with Crippen molar-refractivity contribution < 1.29 is 28.4 Å². The van der Waals surface area contributed by atoms with E-state index in [9.17, 15) is 0 Å². The lowest BCUT2D eigenvalue weighted by Gasteiger charge is -2.58. The van der Waals surface area contributed by atoms with Crippen LogP contribution in [-0.2, 0) is 25.0 Å². The molecule has 4 aliphatic carbocycles. The zero-order valence-electron chi connectivity index (χ0n) is 21.5. The zero-order chi connectivity index (χ0) is 23.8. The molecule has 192 valence electrons. The summed E-state index contributed by atoms with van der Waals surface area (Å²) < 4.78 is 36.1. The summed E-state index contributed by atoms with van der Waals surface area (Å²) in [6.07, 6.45) is 8.61. The molecule has 35 heavy (non-hydrogen) atoms. The van der Waals surface area contributed by atoms with Gasteiger partial charge < -0.3 is 28.4 Å². The fraction of sp³-hybridized carbons (Fsp3) is 0.793. The highest BCUT2D eigenvalue weighted by Gasteiger charge is 2.54. The minimum atomic E-state index is -0.0425. The second kappa shape index (κ2) is 8.26. The summed E-state index contributed by atoms with van der Waals surface area (Å²) in [5.41, 5.74) is 2.89. The molecule has 0 N–H and O–H groups in total. The molecule has 8 rings (SSSR count). The normalized spacial score (nSPS) is 38.4. The molecule has 3 saturated heterocycles. The van der Waals surface area contributed by atoms with Gasteiger partial charge in [0.1, 0.15) is 38.1 Å². The van der Waals surface area contributed by atoms with Crippen LogP contribution in [0.2, 0.25) is 0 Å². The van der Waals surface area contributed by atoms with Crippen LogP contribution in [0, 0.1) is 17.8 Å². The van der Waals surface area contributed by atoms with Crippen molar-refractivity contribution in [2.24, 2.45) is 17.8 Å². The van der Waals surface area contributed by atoms with Gasteiger partial charge in [0.2, 0.25) is 5.75 Å². The van der Waals surface area contributed by atoms with Crippen LogP contribution in [-0.4, -0.2) is 58.0 Å². The second-order valence-corrected chi connectivity index (χ2v) is 13.2. The fourth-order valence-electron chi connectivity index (χ4n) is 7.56. The molecule has 3 unspecified atom stereocenters. The maximum Gasteiger partial charge on any atom is 0.204 e. The van der Waals surface area contributed by atoms with Crippen molar-refractivity contribution in [1.82, 2.24) is 0 Å². The number of ether oxygens (including phenoxy) is 6. The van der Waals surface area contributed by atoms with E-state index in [1.807, 2.05) is 0 Å². The molecule has 3 atom stereocenters. The molecule has 7 fully saturated rings. The average molecular weight is 485 g/mol. The predicted molar refractivity (Wildman–Crippen MR) is 131 cm³/mol. The highest BCUT2D eigenvalue weighted by molar-refractivity contribution is 5.63. The van der Waals surface area contributed by atoms with Gasteiger partial charge in [-0.1, -0.05) is 20.8 Å². The van der Waals surface area contributed by atoms with E-state index >= 15 is 0 Å². The molecule has 3 heterocycles. The van der Waals surface area contributed by atoms with E-state index in [4.69, 9.17) is 28.4 Å². The van der Waals surface area contributed by atoms with Gasteiger partial charge in [-0.3, -0.25) is 0 Å². The van der Waals surface area contributed by atoms with E-state index in [1.54, 1.807) is 0 Å². The van der Waals surface area contributed by atoms with Gasteiger partial charge in [0.25, 0.3) is 0 Å². The van der Waals surface area contributed by atoms with E-state index in [1.165, 1.54) is 49.7 Å². The molecular formula is C29H40O6. The Bertz CT molecular complexity index is 933. The minimum absolute atomic E-state index is 0.0425. The zero-order valence-corrected chi connectivity index (χ0v) is 21.5. The number of rotatable bonds is 10. The van der Waals surface area contributed by atoms with Crippen LogP contribution in [0.5, 0.6) is 17.2 Å². The van der Waals surface area contributed by atoms with E-state index in [0.717, 1.165) is 54.8 Å². The number of epoxide rings is 3. The monoisotopic (exact) mass is 484 g/mol. The van der Waals surface area contributed by atoms with Crippen molar-refractivity contribution >= 4 is 0 Å². The number of benzene rings is 1. The summed E-state index contributed by atoms with van der Waals surface area (Å²) in [7, 11) is 0. The SMILES string of the molecule is CC(C)(C)c1cc(OCC2CO2)c(OCC2CO2)c(OCC2CO2)c1C12CC3CC(CC(C3)C1)C2. The van der Waals surface area contributed by atoms with Crippen molar-refractivity contribution in [3.8, 4) is 17.2 Å². The van der Waals surface area contributed by atoms with Crippen LogP contribution in [0.4, 0.5) is 0 Å². The van der Waals surface area contributed by atoms with Crippen molar-refractivity contribution in [2.45, 2.75) is 88.4 Å². The summed E-state index contributed by atoms with van der Waals surface area (Å²) in [4.78, 5) is 0. The standard InChI is InChI=1S/C29H40O6/c1-28(2,3)23-7-24(33-14-20-11-30-20)26(34-15-21-12-31-21)27(35-16-22-13-32-22)25(23)29-8-17-4-18(9-29)6-19(5-17)10-29/h7,17-22H,4-6,8-16H2,1-3H3. The summed E-state index contributed by atoms with van der Waals surface area (Å²) in [6.45, 7) is 10.9. The summed E-state index contributed by atoms with van der Waals surface area (Å²) in [5.74, 6) is 5.01. The first-order valence-corrected chi connectivity index (χ1v) is 13.8. The van der Waals surface area contributed by atoms with Gasteiger partial charge in [-0.25, -0.2) is 0 Å². The molecule has 0 radical (unpaired) electrons. The lowest BCUT2D eigenvalue weighted by atomic mass is 9.47. The van der Waals surface area contributed by atoms with Gasteiger partial charge in [-0.05, 0) is 73.3 Å². The smallest absolute Gasteiger partial charge is 0.204 e. The van der Waals surface area contributed by atoms with Crippen molar-refractivity contribution in [3.05, 3.63) is 17.2 Å². The molecule has 1 aromatic rings. The number of hydrogen-bond donors (Lipinski definition) is 0. The predicted octanol–water partition coefficient (Wildman–Crippen LogP) is 4.78. The molecule has 4 bridgehead atoms. The van der Waals surface area contributed by atoms with Crippen LogP contribution < -0.4 is 14.2 Å². The molecule has 6 nitrogen and oxygen atoms in total. The highest BCUT2D eigenvalue weighted by atomic mass is 16.6. The van der Waals surface area contributed by atoms with Gasteiger partial charge in [-0.15, -0.1) is 0 Å². The average Bonchev–Trinajstić information content (AvgIpc) is 3.66. The van der Waals surface area contributed by atoms with Crippen LogP contribution in [0.15, 0.2) is 6.07 Å². The van der Waals surface area contributed by atoms with Crippen LogP contribution in [0.3, 0.4) is 0 Å². The van der Waals surface area contributed by atoms with Crippen LogP contribution in [0.25, 0.3) is 0 Å². The van der Waals surface area contributed by atoms with Crippen molar-refractivity contribution in [1.29, 1.82) is 0 Å². The third-order valence-electron chi connectivity index (χ3n) is 9.04. The maximum atomic E-state index is 6.73. The van der Waals surface area contributed by atoms with Gasteiger partial charge >= 0.3 is 0 Å². The van der Waals surface area contributed by atoms with E-state index in [0.29, 0.717) is 19.8 Å². The molecule has 1 aromatic carbocycles. The largest absolute Gasteiger partial charge is 0.487 e. The first-order valence-electron chi connectivity index (χ1n) is 13.8. The third kappa shape index (κ3) is 4.55. The Labute approximate surface area is 208 Å². The highest BCUT2D eigenvalue weighted by Crippen LogP contribution is 2.64. The van der Waals surface area contributed by atoms with Crippen LogP contribution in [0.1, 0.15) is 70.4 Å². The molecule has 4 saturated carbocycles. The molecule has 3 aliphatic heterocycles. The lowest BCUT2D eigenvalue weighted by Crippen LogP contribution is -2.49. The van der Waals surface area contributed by atoms with E-state index in [2.05, 4.69) is 26.8 Å². The van der Waals surface area contributed by atoms with Crippen molar-refractivity contribution in [2.75, 3.05) is 39.6 Å². The fourth-order valence-corrected chi connectivity index (χ4v) is 7.56. The van der Waals surface area contributed by atoms with Crippen molar-refractivity contribution in [3.63, 3.8) is 0 Å². The second-order valence-electron chi connectivity index (χ2n) is 13.2. The third-order valence-corrected chi connectivity index (χ3v) is 9.04. The molecular weight excluding hydrogens is 444 g/mol. The Hall–Kier alpha value is -1.50. The summed E-state index contributed by atoms with van der Waals surface area (Å²) >= 11 is 0. The Morgan fingerprint density at radius 3 is 1.66 bits per heavy atom.